The van der Waals surface area contributed by atoms with Crippen molar-refractivity contribution >= 4 is 43.8 Å². The quantitative estimate of drug-likeness (QED) is 0.358. The number of nitrogen functional groups attached to an aromatic ring is 2. The maximum Gasteiger partial charge on any atom is 0.296 e. The van der Waals surface area contributed by atoms with Crippen molar-refractivity contribution in [3.8, 4) is 0 Å². The fourth-order valence-corrected chi connectivity index (χ4v) is 3.20. The molecule has 0 spiro atoms. The monoisotopic (exact) mass is 370 g/mol. The second kappa shape index (κ2) is 6.24. The number of rotatable bonds is 4. The van der Waals surface area contributed by atoms with Crippen LogP contribution in [0.15, 0.2) is 46.2 Å². The van der Waals surface area contributed by atoms with Crippen molar-refractivity contribution in [1.82, 2.24) is 0 Å². The number of nitrogens with two attached hydrogens (primary N) is 2. The van der Waals surface area contributed by atoms with E-state index in [-0.39, 0.29) is 21.2 Å². The summed E-state index contributed by atoms with van der Waals surface area (Å²) < 4.78 is 62.2. The lowest BCUT2D eigenvalue weighted by molar-refractivity contribution is 0.481. The maximum atomic E-state index is 11.1. The van der Waals surface area contributed by atoms with E-state index in [9.17, 15) is 16.8 Å². The van der Waals surface area contributed by atoms with E-state index in [2.05, 4.69) is 0 Å². The molecule has 24 heavy (non-hydrogen) atoms. The standard InChI is InChI=1S/C14H14N2O6S2/c15-11-7-9(3-5-13(11)23(17,18)19)1-2-10-4-6-14(12(16)8-10)24(20,21)22/h1-8H,15-16H2,(H,17,18,19)(H,20,21,22). The third kappa shape index (κ3) is 4.11. The molecule has 0 saturated carbocycles. The molecule has 0 heterocycles. The van der Waals surface area contributed by atoms with E-state index < -0.39 is 20.2 Å². The minimum absolute atomic E-state index is 0.110. The highest BCUT2D eigenvalue weighted by Crippen LogP contribution is 2.23. The van der Waals surface area contributed by atoms with Gasteiger partial charge in [0.15, 0.2) is 0 Å². The van der Waals surface area contributed by atoms with Gasteiger partial charge in [0.1, 0.15) is 9.79 Å². The molecule has 2 aromatic rings. The van der Waals surface area contributed by atoms with Gasteiger partial charge in [-0.2, -0.15) is 16.8 Å². The smallest absolute Gasteiger partial charge is 0.296 e. The molecular weight excluding hydrogens is 356 g/mol. The van der Waals surface area contributed by atoms with Crippen molar-refractivity contribution in [2.75, 3.05) is 11.5 Å². The molecule has 0 aromatic heterocycles. The summed E-state index contributed by atoms with van der Waals surface area (Å²) in [6, 6.07) is 7.92. The Morgan fingerprint density at radius 3 is 1.29 bits per heavy atom. The zero-order chi connectivity index (χ0) is 18.1. The molecule has 0 bridgehead atoms. The SMILES string of the molecule is Nc1cc(C=Cc2ccc(S(=O)(=O)O)c(N)c2)ccc1S(=O)(=O)O. The molecule has 6 N–H and O–H groups in total. The van der Waals surface area contributed by atoms with Crippen molar-refractivity contribution in [3.63, 3.8) is 0 Å². The third-order valence-electron chi connectivity index (χ3n) is 3.09. The van der Waals surface area contributed by atoms with Gasteiger partial charge in [-0.1, -0.05) is 24.3 Å². The van der Waals surface area contributed by atoms with E-state index in [4.69, 9.17) is 20.6 Å². The van der Waals surface area contributed by atoms with Gasteiger partial charge < -0.3 is 11.5 Å². The fraction of sp³-hybridized carbons (Fsp3) is 0. The molecule has 2 aromatic carbocycles. The Morgan fingerprint density at radius 2 is 1.04 bits per heavy atom. The first kappa shape index (κ1) is 17.9. The highest BCUT2D eigenvalue weighted by Gasteiger charge is 2.14. The van der Waals surface area contributed by atoms with Crippen LogP contribution >= 0.6 is 0 Å². The predicted octanol–water partition coefficient (Wildman–Crippen LogP) is 1.51. The molecule has 8 nitrogen and oxygen atoms in total. The molecule has 0 radical (unpaired) electrons. The molecular formula is C14H14N2O6S2. The second-order valence-electron chi connectivity index (χ2n) is 4.88. The Bertz CT molecular complexity index is 944. The van der Waals surface area contributed by atoms with Crippen molar-refractivity contribution in [2.24, 2.45) is 0 Å². The highest BCUT2D eigenvalue weighted by molar-refractivity contribution is 7.86. The van der Waals surface area contributed by atoms with Crippen LogP contribution in [0.25, 0.3) is 12.2 Å². The molecule has 0 aliphatic heterocycles. The van der Waals surface area contributed by atoms with E-state index in [1.165, 1.54) is 36.4 Å². The summed E-state index contributed by atoms with van der Waals surface area (Å²) in [6.07, 6.45) is 3.18. The number of anilines is 2. The van der Waals surface area contributed by atoms with E-state index in [0.29, 0.717) is 11.1 Å². The maximum absolute atomic E-state index is 11.1. The Balaban J connectivity index is 2.32. The zero-order valence-corrected chi connectivity index (χ0v) is 13.8. The minimum Gasteiger partial charge on any atom is -0.398 e. The van der Waals surface area contributed by atoms with Crippen molar-refractivity contribution in [1.29, 1.82) is 0 Å². The van der Waals surface area contributed by atoms with Crippen LogP contribution in [-0.4, -0.2) is 25.9 Å². The molecule has 0 amide bonds. The van der Waals surface area contributed by atoms with Crippen LogP contribution in [0.3, 0.4) is 0 Å². The van der Waals surface area contributed by atoms with Gasteiger partial charge in [-0.3, -0.25) is 9.11 Å². The average molecular weight is 370 g/mol. The Hall–Kier alpha value is -2.40. The van der Waals surface area contributed by atoms with Crippen molar-refractivity contribution in [2.45, 2.75) is 9.79 Å². The second-order valence-corrected chi connectivity index (χ2v) is 7.66. The number of hydrogen-bond donors (Lipinski definition) is 4. The molecule has 0 fully saturated rings. The lowest BCUT2D eigenvalue weighted by Crippen LogP contribution is -2.03. The van der Waals surface area contributed by atoms with Gasteiger partial charge in [0.2, 0.25) is 0 Å². The van der Waals surface area contributed by atoms with Crippen molar-refractivity contribution < 1.29 is 25.9 Å². The zero-order valence-electron chi connectivity index (χ0n) is 12.1. The molecule has 0 aliphatic carbocycles. The Kier molecular flexibility index (Phi) is 4.67. The molecule has 0 unspecified atom stereocenters. The van der Waals surface area contributed by atoms with Gasteiger partial charge in [-0.15, -0.1) is 0 Å². The van der Waals surface area contributed by atoms with Crippen LogP contribution in [0.5, 0.6) is 0 Å². The van der Waals surface area contributed by atoms with Gasteiger partial charge in [-0.05, 0) is 35.4 Å². The third-order valence-corrected chi connectivity index (χ3v) is 4.95. The average Bonchev–Trinajstić information content (AvgIpc) is 2.42. The summed E-state index contributed by atoms with van der Waals surface area (Å²) in [6.45, 7) is 0. The predicted molar refractivity (Wildman–Crippen MR) is 90.3 cm³/mol. The van der Waals surface area contributed by atoms with Crippen LogP contribution in [-0.2, 0) is 20.2 Å². The van der Waals surface area contributed by atoms with Crippen LogP contribution in [0.1, 0.15) is 11.1 Å². The van der Waals surface area contributed by atoms with Gasteiger partial charge in [0, 0.05) is 0 Å². The van der Waals surface area contributed by atoms with E-state index >= 15 is 0 Å². The Morgan fingerprint density at radius 1 is 0.708 bits per heavy atom. The first-order chi connectivity index (χ1) is 11.0. The van der Waals surface area contributed by atoms with Gasteiger partial charge >= 0.3 is 0 Å². The molecule has 2 rings (SSSR count). The van der Waals surface area contributed by atoms with E-state index in [1.54, 1.807) is 12.2 Å². The van der Waals surface area contributed by atoms with Gasteiger partial charge in [-0.25, -0.2) is 0 Å². The van der Waals surface area contributed by atoms with Gasteiger partial charge in [0.05, 0.1) is 11.4 Å². The first-order valence-electron chi connectivity index (χ1n) is 6.40. The van der Waals surface area contributed by atoms with E-state index in [1.807, 2.05) is 0 Å². The molecule has 0 saturated heterocycles. The van der Waals surface area contributed by atoms with Crippen LogP contribution in [0.4, 0.5) is 11.4 Å². The van der Waals surface area contributed by atoms with Crippen LogP contribution in [0.2, 0.25) is 0 Å². The number of benzene rings is 2. The van der Waals surface area contributed by atoms with Crippen LogP contribution < -0.4 is 11.5 Å². The first-order valence-corrected chi connectivity index (χ1v) is 9.28. The summed E-state index contributed by atoms with van der Waals surface area (Å²) in [5, 5.41) is 0. The summed E-state index contributed by atoms with van der Waals surface area (Å²) in [5.41, 5.74) is 12.0. The molecule has 10 heteroatoms. The lowest BCUT2D eigenvalue weighted by Gasteiger charge is -2.04. The largest absolute Gasteiger partial charge is 0.398 e. The van der Waals surface area contributed by atoms with Gasteiger partial charge in [0.25, 0.3) is 20.2 Å². The fourth-order valence-electron chi connectivity index (χ4n) is 2.00. The van der Waals surface area contributed by atoms with Crippen LogP contribution in [0, 0.1) is 0 Å². The Labute approximate surface area is 138 Å². The summed E-state index contributed by atoms with van der Waals surface area (Å²) >= 11 is 0. The lowest BCUT2D eigenvalue weighted by atomic mass is 10.1. The molecule has 0 aliphatic rings. The summed E-state index contributed by atoms with van der Waals surface area (Å²) in [7, 11) is -8.78. The summed E-state index contributed by atoms with van der Waals surface area (Å²) in [4.78, 5) is -0.775. The topological polar surface area (TPSA) is 161 Å². The minimum atomic E-state index is -4.39. The highest BCUT2D eigenvalue weighted by atomic mass is 32.2. The molecule has 0 atom stereocenters. The van der Waals surface area contributed by atoms with Crippen molar-refractivity contribution in [3.05, 3.63) is 47.5 Å². The summed E-state index contributed by atoms with van der Waals surface area (Å²) in [5.74, 6) is 0. The van der Waals surface area contributed by atoms with E-state index in [0.717, 1.165) is 0 Å². The molecule has 128 valence electrons. The normalized spacial score (nSPS) is 12.6. The number of hydrogen-bond acceptors (Lipinski definition) is 6.